The van der Waals surface area contributed by atoms with Gasteiger partial charge in [0.1, 0.15) is 5.15 Å². The number of pyridine rings is 1. The number of nitrogens with zero attached hydrogens (tertiary/aromatic N) is 2. The van der Waals surface area contributed by atoms with Gasteiger partial charge in [-0.2, -0.15) is 0 Å². The molecule has 1 aromatic rings. The van der Waals surface area contributed by atoms with Gasteiger partial charge in [-0.3, -0.25) is 4.79 Å². The van der Waals surface area contributed by atoms with Gasteiger partial charge in [0.05, 0.1) is 11.5 Å². The molecule has 1 saturated heterocycles. The van der Waals surface area contributed by atoms with Crippen molar-refractivity contribution >= 4 is 27.3 Å². The van der Waals surface area contributed by atoms with E-state index < -0.39 is 9.84 Å². The van der Waals surface area contributed by atoms with E-state index in [1.807, 2.05) is 6.92 Å². The normalized spacial score (nSPS) is 22.8. The van der Waals surface area contributed by atoms with Crippen molar-refractivity contribution < 1.29 is 13.2 Å². The summed E-state index contributed by atoms with van der Waals surface area (Å²) in [5.74, 6) is -0.113. The molecule has 0 aromatic carbocycles. The van der Waals surface area contributed by atoms with Crippen LogP contribution in [0.15, 0.2) is 18.3 Å². The van der Waals surface area contributed by atoms with Crippen LogP contribution in [0, 0.1) is 5.92 Å². The summed E-state index contributed by atoms with van der Waals surface area (Å²) in [5.41, 5.74) is 0.437. The summed E-state index contributed by atoms with van der Waals surface area (Å²) < 4.78 is 23.3. The second kappa shape index (κ2) is 5.46. The average Bonchev–Trinajstić information content (AvgIpc) is 2.46. The quantitative estimate of drug-likeness (QED) is 0.732. The van der Waals surface area contributed by atoms with E-state index in [0.29, 0.717) is 12.1 Å². The van der Waals surface area contributed by atoms with Crippen LogP contribution in [0.2, 0.25) is 5.15 Å². The van der Waals surface area contributed by atoms with Crippen LogP contribution in [-0.2, 0) is 9.84 Å². The lowest BCUT2D eigenvalue weighted by Gasteiger charge is -2.22. The molecule has 1 aromatic heterocycles. The first-order valence-electron chi connectivity index (χ1n) is 5.98. The molecule has 5 nitrogen and oxygen atoms in total. The number of rotatable bonds is 1. The largest absolute Gasteiger partial charge is 0.337 e. The van der Waals surface area contributed by atoms with Crippen molar-refractivity contribution in [2.24, 2.45) is 5.92 Å². The maximum absolute atomic E-state index is 12.3. The van der Waals surface area contributed by atoms with E-state index >= 15 is 0 Å². The lowest BCUT2D eigenvalue weighted by Crippen LogP contribution is -2.35. The Bertz CT molecular complexity index is 588. The number of hydrogen-bond acceptors (Lipinski definition) is 4. The number of carbonyl (C=O) groups excluding carboxylic acids is 1. The standard InChI is InChI=1S/C12H15ClN2O3S/c1-9-7-15(4-5-19(17,18)8-9)12(16)10-2-3-14-11(13)6-10/h2-3,6,9H,4-5,7-8H2,1H3/t9-/m1/s1. The van der Waals surface area contributed by atoms with E-state index in [2.05, 4.69) is 4.98 Å². The Morgan fingerprint density at radius 2 is 2.26 bits per heavy atom. The molecule has 1 atom stereocenters. The van der Waals surface area contributed by atoms with Crippen molar-refractivity contribution in [2.45, 2.75) is 6.92 Å². The minimum Gasteiger partial charge on any atom is -0.337 e. The predicted molar refractivity (Wildman–Crippen MR) is 73.0 cm³/mol. The summed E-state index contributed by atoms with van der Waals surface area (Å²) in [4.78, 5) is 17.7. The van der Waals surface area contributed by atoms with Gasteiger partial charge in [-0.1, -0.05) is 18.5 Å². The zero-order valence-electron chi connectivity index (χ0n) is 10.5. The summed E-state index contributed by atoms with van der Waals surface area (Å²) >= 11 is 5.76. The maximum Gasteiger partial charge on any atom is 0.254 e. The van der Waals surface area contributed by atoms with E-state index in [0.717, 1.165) is 0 Å². The molecule has 19 heavy (non-hydrogen) atoms. The summed E-state index contributed by atoms with van der Waals surface area (Å²) in [5, 5.41) is 0.251. The Kier molecular flexibility index (Phi) is 4.10. The Hall–Kier alpha value is -1.14. The van der Waals surface area contributed by atoms with Gasteiger partial charge in [0.25, 0.3) is 5.91 Å². The Labute approximate surface area is 117 Å². The van der Waals surface area contributed by atoms with Crippen LogP contribution in [0.3, 0.4) is 0 Å². The lowest BCUT2D eigenvalue weighted by atomic mass is 10.1. The van der Waals surface area contributed by atoms with Crippen molar-refractivity contribution in [3.05, 3.63) is 29.0 Å². The summed E-state index contributed by atoms with van der Waals surface area (Å²) in [6, 6.07) is 3.08. The molecule has 2 heterocycles. The van der Waals surface area contributed by atoms with Gasteiger partial charge in [0.15, 0.2) is 9.84 Å². The van der Waals surface area contributed by atoms with Crippen LogP contribution in [0.1, 0.15) is 17.3 Å². The minimum absolute atomic E-state index is 0.0158. The topological polar surface area (TPSA) is 67.3 Å². The van der Waals surface area contributed by atoms with Crippen molar-refractivity contribution in [3.8, 4) is 0 Å². The molecular formula is C12H15ClN2O3S. The van der Waals surface area contributed by atoms with Gasteiger partial charge in [0, 0.05) is 24.8 Å². The molecule has 1 aliphatic heterocycles. The van der Waals surface area contributed by atoms with Gasteiger partial charge >= 0.3 is 0 Å². The third-order valence-corrected chi connectivity index (χ3v) is 5.09. The van der Waals surface area contributed by atoms with Crippen LogP contribution in [0.4, 0.5) is 0 Å². The smallest absolute Gasteiger partial charge is 0.254 e. The van der Waals surface area contributed by atoms with Gasteiger partial charge in [0.2, 0.25) is 0 Å². The molecule has 1 fully saturated rings. The van der Waals surface area contributed by atoms with E-state index in [1.165, 1.54) is 12.3 Å². The van der Waals surface area contributed by atoms with Crippen LogP contribution >= 0.6 is 11.6 Å². The molecule has 0 bridgehead atoms. The van der Waals surface area contributed by atoms with Crippen molar-refractivity contribution in [1.82, 2.24) is 9.88 Å². The van der Waals surface area contributed by atoms with Gasteiger partial charge in [-0.05, 0) is 18.1 Å². The Morgan fingerprint density at radius 3 is 2.95 bits per heavy atom. The lowest BCUT2D eigenvalue weighted by molar-refractivity contribution is 0.0751. The minimum atomic E-state index is -3.06. The average molecular weight is 303 g/mol. The number of sulfone groups is 1. The number of hydrogen-bond donors (Lipinski definition) is 0. The molecule has 1 amide bonds. The first-order chi connectivity index (χ1) is 8.87. The molecule has 0 radical (unpaired) electrons. The molecule has 2 rings (SSSR count). The monoisotopic (exact) mass is 302 g/mol. The third-order valence-electron chi connectivity index (χ3n) is 3.00. The molecular weight excluding hydrogens is 288 g/mol. The number of halogens is 1. The number of amides is 1. The molecule has 0 saturated carbocycles. The highest BCUT2D eigenvalue weighted by atomic mass is 35.5. The maximum atomic E-state index is 12.3. The van der Waals surface area contributed by atoms with Crippen molar-refractivity contribution in [2.75, 3.05) is 24.6 Å². The first-order valence-corrected chi connectivity index (χ1v) is 8.18. The van der Waals surface area contributed by atoms with Crippen molar-refractivity contribution in [1.29, 1.82) is 0 Å². The zero-order chi connectivity index (χ0) is 14.0. The zero-order valence-corrected chi connectivity index (χ0v) is 12.1. The third kappa shape index (κ3) is 3.67. The Morgan fingerprint density at radius 1 is 1.53 bits per heavy atom. The fourth-order valence-corrected chi connectivity index (χ4v) is 4.00. The summed E-state index contributed by atoms with van der Waals surface area (Å²) in [6.45, 7) is 2.51. The Balaban J connectivity index is 2.20. The predicted octanol–water partition coefficient (Wildman–Crippen LogP) is 1.24. The highest BCUT2D eigenvalue weighted by Crippen LogP contribution is 2.15. The van der Waals surface area contributed by atoms with Crippen LogP contribution in [0.5, 0.6) is 0 Å². The number of carbonyl (C=O) groups is 1. The summed E-state index contributed by atoms with van der Waals surface area (Å²) in [6.07, 6.45) is 1.47. The van der Waals surface area contributed by atoms with Gasteiger partial charge in [-0.25, -0.2) is 13.4 Å². The molecule has 0 unspecified atom stereocenters. The first kappa shape index (κ1) is 14.3. The molecule has 104 valence electrons. The summed E-state index contributed by atoms with van der Waals surface area (Å²) in [7, 11) is -3.06. The van der Waals surface area contributed by atoms with Crippen molar-refractivity contribution in [3.63, 3.8) is 0 Å². The molecule has 0 N–H and O–H groups in total. The van der Waals surface area contributed by atoms with E-state index in [1.54, 1.807) is 11.0 Å². The second-order valence-electron chi connectivity index (χ2n) is 4.84. The van der Waals surface area contributed by atoms with E-state index in [-0.39, 0.29) is 35.0 Å². The van der Waals surface area contributed by atoms with Gasteiger partial charge < -0.3 is 4.90 Å². The van der Waals surface area contributed by atoms with Crippen LogP contribution in [-0.4, -0.2) is 48.8 Å². The fraction of sp³-hybridized carbons (Fsp3) is 0.500. The molecule has 7 heteroatoms. The highest BCUT2D eigenvalue weighted by molar-refractivity contribution is 7.91. The highest BCUT2D eigenvalue weighted by Gasteiger charge is 2.27. The fourth-order valence-electron chi connectivity index (χ4n) is 2.19. The van der Waals surface area contributed by atoms with E-state index in [9.17, 15) is 13.2 Å². The molecule has 0 aliphatic carbocycles. The molecule has 1 aliphatic rings. The van der Waals surface area contributed by atoms with E-state index in [4.69, 9.17) is 11.6 Å². The number of aromatic nitrogens is 1. The van der Waals surface area contributed by atoms with Crippen LogP contribution < -0.4 is 0 Å². The SMILES string of the molecule is C[C@@H]1CN(C(=O)c2ccnc(Cl)c2)CCS(=O)(=O)C1. The molecule has 0 spiro atoms. The van der Waals surface area contributed by atoms with Gasteiger partial charge in [-0.15, -0.1) is 0 Å². The second-order valence-corrected chi connectivity index (χ2v) is 7.45. The van der Waals surface area contributed by atoms with Crippen LogP contribution in [0.25, 0.3) is 0 Å².